The number of H-pyrrole nitrogens is 1. The smallest absolute Gasteiger partial charge is 0.259 e. The van der Waals surface area contributed by atoms with Gasteiger partial charge in [0, 0.05) is 60.1 Å². The van der Waals surface area contributed by atoms with E-state index in [0.717, 1.165) is 33.6 Å². The number of fused-ring (bicyclic) bond motifs is 4. The van der Waals surface area contributed by atoms with E-state index in [0.29, 0.717) is 37.1 Å². The van der Waals surface area contributed by atoms with Crippen LogP contribution in [0.25, 0.3) is 21.9 Å². The van der Waals surface area contributed by atoms with Crippen LogP contribution in [0.3, 0.4) is 0 Å². The Morgan fingerprint density at radius 1 is 1.23 bits per heavy atom. The number of amides is 1. The molecule has 0 bridgehead atoms. The molecule has 1 aliphatic rings. The van der Waals surface area contributed by atoms with Gasteiger partial charge in [0.25, 0.3) is 5.91 Å². The highest BCUT2D eigenvalue weighted by Crippen LogP contribution is 2.31. The number of nitrogens with one attached hydrogen (secondary N) is 1. The summed E-state index contributed by atoms with van der Waals surface area (Å²) in [6, 6.07) is 9.49. The second-order valence-corrected chi connectivity index (χ2v) is 7.95. The van der Waals surface area contributed by atoms with Crippen LogP contribution in [0.5, 0.6) is 5.75 Å². The number of aryl methyl sites for hydroxylation is 2. The lowest BCUT2D eigenvalue weighted by Crippen LogP contribution is -2.38. The second kappa shape index (κ2) is 7.27. The molecule has 4 aromatic rings. The van der Waals surface area contributed by atoms with Crippen LogP contribution in [0.15, 0.2) is 41.3 Å². The predicted octanol–water partition coefficient (Wildman–Crippen LogP) is 3.41. The highest BCUT2D eigenvalue weighted by atomic mass is 16.5. The fraction of sp³-hybridized carbons (Fsp3) is 0.292. The molecule has 0 fully saturated rings. The van der Waals surface area contributed by atoms with Gasteiger partial charge in [0.2, 0.25) is 5.43 Å². The monoisotopic (exact) mass is 416 g/mol. The first-order valence-electron chi connectivity index (χ1n) is 10.5. The molecule has 0 saturated heterocycles. The van der Waals surface area contributed by atoms with E-state index in [4.69, 9.17) is 4.74 Å². The summed E-state index contributed by atoms with van der Waals surface area (Å²) in [5, 5.41) is 1.53. The SMILES string of the molecule is CCn1cc(C(=O)N2CCc3[nH]c4ccc(OC)cc4c3C2)c(=O)c2ccc(C)nc21. The van der Waals surface area contributed by atoms with Gasteiger partial charge in [-0.3, -0.25) is 9.59 Å². The molecule has 3 aromatic heterocycles. The number of nitrogens with zero attached hydrogens (tertiary/aromatic N) is 3. The molecule has 1 aromatic carbocycles. The minimum absolute atomic E-state index is 0.195. The number of hydrogen-bond donors (Lipinski definition) is 1. The molecule has 0 aliphatic carbocycles. The predicted molar refractivity (Wildman–Crippen MR) is 120 cm³/mol. The summed E-state index contributed by atoms with van der Waals surface area (Å²) in [6.45, 7) is 5.52. The number of carbonyl (C=O) groups is 1. The highest BCUT2D eigenvalue weighted by molar-refractivity contribution is 5.97. The molecule has 1 N–H and O–H groups in total. The first-order valence-corrected chi connectivity index (χ1v) is 10.5. The van der Waals surface area contributed by atoms with Crippen LogP contribution in [0, 0.1) is 6.92 Å². The first-order chi connectivity index (χ1) is 15.0. The molecule has 0 radical (unpaired) electrons. The molecule has 4 heterocycles. The van der Waals surface area contributed by atoms with Gasteiger partial charge < -0.3 is 19.2 Å². The Bertz CT molecular complexity index is 1400. The lowest BCUT2D eigenvalue weighted by atomic mass is 10.0. The van der Waals surface area contributed by atoms with Crippen molar-refractivity contribution in [1.29, 1.82) is 0 Å². The summed E-state index contributed by atoms with van der Waals surface area (Å²) in [4.78, 5) is 36.3. The average molecular weight is 416 g/mol. The van der Waals surface area contributed by atoms with Gasteiger partial charge in [-0.1, -0.05) is 0 Å². The number of ether oxygens (including phenoxy) is 1. The largest absolute Gasteiger partial charge is 0.497 e. The topological polar surface area (TPSA) is 80.2 Å². The van der Waals surface area contributed by atoms with Crippen LogP contribution in [-0.2, 0) is 19.5 Å². The molecule has 1 amide bonds. The summed E-state index contributed by atoms with van der Waals surface area (Å²) in [6.07, 6.45) is 2.38. The van der Waals surface area contributed by atoms with Gasteiger partial charge >= 0.3 is 0 Å². The lowest BCUT2D eigenvalue weighted by molar-refractivity contribution is 0.0733. The zero-order valence-corrected chi connectivity index (χ0v) is 17.9. The number of aromatic nitrogens is 3. The fourth-order valence-corrected chi connectivity index (χ4v) is 4.42. The number of hydrogen-bond acceptors (Lipinski definition) is 4. The first kappa shape index (κ1) is 19.4. The van der Waals surface area contributed by atoms with E-state index in [9.17, 15) is 9.59 Å². The zero-order valence-electron chi connectivity index (χ0n) is 17.9. The summed E-state index contributed by atoms with van der Waals surface area (Å²) in [5.74, 6) is 0.540. The summed E-state index contributed by atoms with van der Waals surface area (Å²) in [7, 11) is 1.64. The Balaban J connectivity index is 1.56. The summed E-state index contributed by atoms with van der Waals surface area (Å²) < 4.78 is 7.25. The molecule has 5 rings (SSSR count). The summed E-state index contributed by atoms with van der Waals surface area (Å²) in [5.41, 5.74) is 4.64. The van der Waals surface area contributed by atoms with Gasteiger partial charge in [-0.15, -0.1) is 0 Å². The Labute approximate surface area is 179 Å². The van der Waals surface area contributed by atoms with Gasteiger partial charge in [0.1, 0.15) is 17.0 Å². The van der Waals surface area contributed by atoms with Crippen molar-refractivity contribution in [3.63, 3.8) is 0 Å². The molecule has 0 spiro atoms. The fourth-order valence-electron chi connectivity index (χ4n) is 4.42. The number of methoxy groups -OCH3 is 1. The Kier molecular flexibility index (Phi) is 4.54. The third kappa shape index (κ3) is 3.08. The Morgan fingerprint density at radius 3 is 2.84 bits per heavy atom. The maximum Gasteiger partial charge on any atom is 0.259 e. The zero-order chi connectivity index (χ0) is 21.7. The normalized spacial score (nSPS) is 13.6. The molecule has 31 heavy (non-hydrogen) atoms. The minimum atomic E-state index is -0.261. The molecule has 158 valence electrons. The third-order valence-corrected chi connectivity index (χ3v) is 6.10. The van der Waals surface area contributed by atoms with Crippen LogP contribution in [0.4, 0.5) is 0 Å². The van der Waals surface area contributed by atoms with Crippen molar-refractivity contribution in [1.82, 2.24) is 19.4 Å². The third-order valence-electron chi connectivity index (χ3n) is 6.10. The maximum absolute atomic E-state index is 13.4. The van der Waals surface area contributed by atoms with E-state index in [1.54, 1.807) is 24.3 Å². The van der Waals surface area contributed by atoms with E-state index in [2.05, 4.69) is 9.97 Å². The second-order valence-electron chi connectivity index (χ2n) is 7.95. The van der Waals surface area contributed by atoms with Crippen LogP contribution >= 0.6 is 0 Å². The van der Waals surface area contributed by atoms with Crippen molar-refractivity contribution < 1.29 is 9.53 Å². The van der Waals surface area contributed by atoms with Gasteiger partial charge in [0.05, 0.1) is 12.5 Å². The quantitative estimate of drug-likeness (QED) is 0.555. The van der Waals surface area contributed by atoms with Crippen molar-refractivity contribution in [3.8, 4) is 5.75 Å². The van der Waals surface area contributed by atoms with E-state index < -0.39 is 0 Å². The molecule has 7 heteroatoms. The minimum Gasteiger partial charge on any atom is -0.497 e. The number of rotatable bonds is 3. The Hall–Kier alpha value is -3.61. The van der Waals surface area contributed by atoms with Gasteiger partial charge in [0.15, 0.2) is 0 Å². The van der Waals surface area contributed by atoms with E-state index in [-0.39, 0.29) is 16.9 Å². The van der Waals surface area contributed by atoms with Crippen molar-refractivity contribution in [2.45, 2.75) is 33.4 Å². The molecular weight excluding hydrogens is 392 g/mol. The van der Waals surface area contributed by atoms with Gasteiger partial charge in [-0.05, 0) is 44.2 Å². The summed E-state index contributed by atoms with van der Waals surface area (Å²) >= 11 is 0. The van der Waals surface area contributed by atoms with Crippen molar-refractivity contribution in [3.05, 3.63) is 69.3 Å². The molecule has 7 nitrogen and oxygen atoms in total. The van der Waals surface area contributed by atoms with E-state index in [1.165, 1.54) is 0 Å². The van der Waals surface area contributed by atoms with Crippen LogP contribution in [-0.4, -0.2) is 39.0 Å². The maximum atomic E-state index is 13.4. The standard InChI is InChI=1S/C24H24N4O3/c1-4-27-13-19(22(29)16-7-5-14(2)25-23(16)27)24(30)28-10-9-21-18(12-28)17-11-15(31-3)6-8-20(17)26-21/h5-8,11,13,26H,4,9-10,12H2,1-3H3. The lowest BCUT2D eigenvalue weighted by Gasteiger charge is -2.27. The Morgan fingerprint density at radius 2 is 2.06 bits per heavy atom. The number of carbonyl (C=O) groups excluding carboxylic acids is 1. The number of aromatic amines is 1. The molecule has 0 saturated carbocycles. The number of pyridine rings is 2. The molecule has 0 unspecified atom stereocenters. The molecule has 0 atom stereocenters. The van der Waals surface area contributed by atoms with Crippen LogP contribution in [0.1, 0.15) is 34.2 Å². The van der Waals surface area contributed by atoms with Crippen molar-refractivity contribution >= 4 is 27.8 Å². The van der Waals surface area contributed by atoms with Gasteiger partial charge in [-0.2, -0.15) is 0 Å². The van der Waals surface area contributed by atoms with E-state index >= 15 is 0 Å². The van der Waals surface area contributed by atoms with Crippen molar-refractivity contribution in [2.24, 2.45) is 0 Å². The van der Waals surface area contributed by atoms with Crippen molar-refractivity contribution in [2.75, 3.05) is 13.7 Å². The van der Waals surface area contributed by atoms with Crippen LogP contribution < -0.4 is 10.2 Å². The number of benzene rings is 1. The van der Waals surface area contributed by atoms with E-state index in [1.807, 2.05) is 42.7 Å². The average Bonchev–Trinajstić information content (AvgIpc) is 3.15. The molecule has 1 aliphatic heterocycles. The van der Waals surface area contributed by atoms with Crippen LogP contribution in [0.2, 0.25) is 0 Å². The molecular formula is C24H24N4O3. The highest BCUT2D eigenvalue weighted by Gasteiger charge is 2.27. The van der Waals surface area contributed by atoms with Gasteiger partial charge in [-0.25, -0.2) is 4.98 Å².